The second-order valence-corrected chi connectivity index (χ2v) is 9.39. The number of nitrogens with zero attached hydrogens (tertiary/aromatic N) is 2. The minimum atomic E-state index is -0.139. The van der Waals surface area contributed by atoms with Crippen LogP contribution in [0.15, 0.2) is 71.9 Å². The number of rotatable bonds is 8. The molecule has 0 unspecified atom stereocenters. The predicted octanol–water partition coefficient (Wildman–Crippen LogP) is 5.35. The predicted molar refractivity (Wildman–Crippen MR) is 138 cm³/mol. The van der Waals surface area contributed by atoms with Crippen LogP contribution in [0.5, 0.6) is 0 Å². The maximum atomic E-state index is 12.7. The molecule has 0 bridgehead atoms. The molecule has 0 atom stereocenters. The first-order chi connectivity index (χ1) is 16.4. The van der Waals surface area contributed by atoms with Crippen LogP contribution in [0.25, 0.3) is 11.0 Å². The molecule has 8 heteroatoms. The van der Waals surface area contributed by atoms with Crippen molar-refractivity contribution in [1.29, 1.82) is 0 Å². The second kappa shape index (κ2) is 10.8. The Bertz CT molecular complexity index is 1330. The molecule has 0 fully saturated rings. The molecule has 174 valence electrons. The summed E-state index contributed by atoms with van der Waals surface area (Å²) in [6.07, 6.45) is 0. The molecule has 4 aromatic rings. The van der Waals surface area contributed by atoms with Gasteiger partial charge >= 0.3 is 0 Å². The third-order valence-corrected chi connectivity index (χ3v) is 6.68. The fourth-order valence-corrected chi connectivity index (χ4v) is 4.41. The van der Waals surface area contributed by atoms with E-state index in [1.165, 1.54) is 17.3 Å². The lowest BCUT2D eigenvalue weighted by molar-refractivity contribution is -0.121. The summed E-state index contributed by atoms with van der Waals surface area (Å²) < 4.78 is 1.85. The Morgan fingerprint density at radius 3 is 2.50 bits per heavy atom. The fourth-order valence-electron chi connectivity index (χ4n) is 3.47. The van der Waals surface area contributed by atoms with E-state index in [0.717, 1.165) is 27.8 Å². The largest absolute Gasteiger partial charge is 0.350 e. The summed E-state index contributed by atoms with van der Waals surface area (Å²) in [5, 5.41) is 7.15. The molecule has 0 saturated heterocycles. The Balaban J connectivity index is 1.42. The number of hydrogen-bond donors (Lipinski definition) is 2. The van der Waals surface area contributed by atoms with Crippen LogP contribution in [0.4, 0.5) is 5.69 Å². The van der Waals surface area contributed by atoms with Gasteiger partial charge in [0.2, 0.25) is 11.8 Å². The maximum Gasteiger partial charge on any atom is 0.240 e. The first-order valence-electron chi connectivity index (χ1n) is 10.9. The van der Waals surface area contributed by atoms with Crippen LogP contribution in [-0.2, 0) is 22.7 Å². The van der Waals surface area contributed by atoms with E-state index in [4.69, 9.17) is 11.6 Å². The number of imidazole rings is 1. The van der Waals surface area contributed by atoms with Gasteiger partial charge in [-0.3, -0.25) is 9.59 Å². The topological polar surface area (TPSA) is 76.0 Å². The van der Waals surface area contributed by atoms with Crippen LogP contribution < -0.4 is 10.6 Å². The van der Waals surface area contributed by atoms with Crippen LogP contribution in [0.1, 0.15) is 16.7 Å². The van der Waals surface area contributed by atoms with Gasteiger partial charge in [0.05, 0.1) is 16.8 Å². The lowest BCUT2D eigenvalue weighted by atomic mass is 10.1. The van der Waals surface area contributed by atoms with Crippen LogP contribution in [0, 0.1) is 13.8 Å². The minimum absolute atomic E-state index is 0.106. The van der Waals surface area contributed by atoms with Crippen LogP contribution in [0.2, 0.25) is 5.02 Å². The van der Waals surface area contributed by atoms with Gasteiger partial charge in [-0.25, -0.2) is 4.98 Å². The van der Waals surface area contributed by atoms with Crippen LogP contribution in [0.3, 0.4) is 0 Å². The molecule has 0 aliphatic carbocycles. The Morgan fingerprint density at radius 2 is 1.74 bits per heavy atom. The Labute approximate surface area is 207 Å². The molecule has 0 aliphatic rings. The van der Waals surface area contributed by atoms with E-state index in [0.29, 0.717) is 16.7 Å². The van der Waals surface area contributed by atoms with Gasteiger partial charge in [0.25, 0.3) is 0 Å². The molecular formula is C26H25ClN4O2S. The zero-order chi connectivity index (χ0) is 24.1. The number of carbonyl (C=O) groups excluding carboxylic acids is 2. The Hall–Kier alpha value is -3.29. The van der Waals surface area contributed by atoms with E-state index in [-0.39, 0.29) is 24.1 Å². The number of aryl methyl sites for hydroxylation is 2. The van der Waals surface area contributed by atoms with Crippen molar-refractivity contribution in [2.75, 3.05) is 11.1 Å². The van der Waals surface area contributed by atoms with Gasteiger partial charge in [0, 0.05) is 17.3 Å². The van der Waals surface area contributed by atoms with Crippen molar-refractivity contribution in [3.8, 4) is 0 Å². The lowest BCUT2D eigenvalue weighted by Gasteiger charge is -2.11. The number of anilines is 1. The minimum Gasteiger partial charge on any atom is -0.350 e. The number of nitrogens with one attached hydrogen (secondary N) is 2. The summed E-state index contributed by atoms with van der Waals surface area (Å²) in [5.41, 5.74) is 5.66. The third kappa shape index (κ3) is 5.98. The summed E-state index contributed by atoms with van der Waals surface area (Å²) in [6.45, 7) is 4.56. The molecule has 4 rings (SSSR count). The van der Waals surface area contributed by atoms with E-state index in [9.17, 15) is 9.59 Å². The molecule has 1 aromatic heterocycles. The molecule has 1 heterocycles. The number of para-hydroxylation sites is 2. The molecule has 34 heavy (non-hydrogen) atoms. The number of aromatic nitrogens is 2. The standard InChI is InChI=1S/C26H25ClN4O2S/c1-17-7-12-21(13-18(17)2)29-25(33)16-34-26-30-22-5-3-4-6-23(22)31(26)15-24(32)28-14-19-8-10-20(27)11-9-19/h3-13H,14-16H2,1-2H3,(H,28,32)(H,29,33). The molecular weight excluding hydrogens is 468 g/mol. The van der Waals surface area contributed by atoms with E-state index in [2.05, 4.69) is 15.6 Å². The maximum absolute atomic E-state index is 12.7. The van der Waals surface area contributed by atoms with Crippen molar-refractivity contribution in [3.63, 3.8) is 0 Å². The van der Waals surface area contributed by atoms with Crippen molar-refractivity contribution in [2.24, 2.45) is 0 Å². The molecule has 2 N–H and O–H groups in total. The molecule has 0 aliphatic heterocycles. The summed E-state index contributed by atoms with van der Waals surface area (Å²) in [7, 11) is 0. The highest BCUT2D eigenvalue weighted by molar-refractivity contribution is 7.99. The molecule has 0 radical (unpaired) electrons. The van der Waals surface area contributed by atoms with Gasteiger partial charge in [-0.15, -0.1) is 0 Å². The van der Waals surface area contributed by atoms with E-state index in [1.807, 2.05) is 73.0 Å². The number of thioether (sulfide) groups is 1. The average molecular weight is 493 g/mol. The molecule has 3 aromatic carbocycles. The van der Waals surface area contributed by atoms with Crippen LogP contribution >= 0.6 is 23.4 Å². The van der Waals surface area contributed by atoms with Gasteiger partial charge < -0.3 is 15.2 Å². The average Bonchev–Trinajstić information content (AvgIpc) is 3.17. The SMILES string of the molecule is Cc1ccc(NC(=O)CSc2nc3ccccc3n2CC(=O)NCc2ccc(Cl)cc2)cc1C. The number of benzene rings is 3. The van der Waals surface area contributed by atoms with Gasteiger partial charge in [0.15, 0.2) is 5.16 Å². The number of hydrogen-bond acceptors (Lipinski definition) is 4. The molecule has 6 nitrogen and oxygen atoms in total. The summed E-state index contributed by atoms with van der Waals surface area (Å²) in [4.78, 5) is 29.9. The molecule has 0 spiro atoms. The first-order valence-corrected chi connectivity index (χ1v) is 12.2. The van der Waals surface area contributed by atoms with Crippen molar-refractivity contribution < 1.29 is 9.59 Å². The van der Waals surface area contributed by atoms with Crippen molar-refractivity contribution >= 4 is 51.9 Å². The monoisotopic (exact) mass is 492 g/mol. The zero-order valence-corrected chi connectivity index (χ0v) is 20.5. The zero-order valence-electron chi connectivity index (χ0n) is 19.0. The van der Waals surface area contributed by atoms with Crippen molar-refractivity contribution in [3.05, 3.63) is 88.4 Å². The van der Waals surface area contributed by atoms with E-state index in [1.54, 1.807) is 12.1 Å². The third-order valence-electron chi connectivity index (χ3n) is 5.45. The number of carbonyl (C=O) groups is 2. The van der Waals surface area contributed by atoms with E-state index < -0.39 is 0 Å². The van der Waals surface area contributed by atoms with Crippen molar-refractivity contribution in [2.45, 2.75) is 32.1 Å². The number of fused-ring (bicyclic) bond motifs is 1. The lowest BCUT2D eigenvalue weighted by Crippen LogP contribution is -2.27. The normalized spacial score (nSPS) is 10.9. The highest BCUT2D eigenvalue weighted by Gasteiger charge is 2.16. The van der Waals surface area contributed by atoms with Crippen molar-refractivity contribution in [1.82, 2.24) is 14.9 Å². The molecule has 2 amide bonds. The second-order valence-electron chi connectivity index (χ2n) is 8.01. The first kappa shape index (κ1) is 23.9. The highest BCUT2D eigenvalue weighted by atomic mass is 35.5. The van der Waals surface area contributed by atoms with E-state index >= 15 is 0 Å². The Morgan fingerprint density at radius 1 is 0.971 bits per heavy atom. The van der Waals surface area contributed by atoms with Gasteiger partial charge in [-0.2, -0.15) is 0 Å². The molecule has 0 saturated carbocycles. The highest BCUT2D eigenvalue weighted by Crippen LogP contribution is 2.24. The summed E-state index contributed by atoms with van der Waals surface area (Å²) in [6, 6.07) is 20.8. The van der Waals surface area contributed by atoms with Gasteiger partial charge in [0.1, 0.15) is 6.54 Å². The van der Waals surface area contributed by atoms with Gasteiger partial charge in [-0.1, -0.05) is 53.7 Å². The quantitative estimate of drug-likeness (QED) is 0.325. The fraction of sp³-hybridized carbons (Fsp3) is 0.192. The Kier molecular flexibility index (Phi) is 7.55. The van der Waals surface area contributed by atoms with Crippen LogP contribution in [-0.4, -0.2) is 27.1 Å². The smallest absolute Gasteiger partial charge is 0.240 e. The number of halogens is 1. The van der Waals surface area contributed by atoms with Gasteiger partial charge in [-0.05, 0) is 66.9 Å². The number of amides is 2. The summed E-state index contributed by atoms with van der Waals surface area (Å²) in [5.74, 6) is -0.0820. The summed E-state index contributed by atoms with van der Waals surface area (Å²) >= 11 is 7.23.